The summed E-state index contributed by atoms with van der Waals surface area (Å²) in [6.45, 7) is 7.42. The zero-order valence-corrected chi connectivity index (χ0v) is 17.0. The van der Waals surface area contributed by atoms with Crippen molar-refractivity contribution in [2.45, 2.75) is 13.8 Å². The SMILES string of the molecule is CCOC(=O)C=C(Nc1cc(OC)ccc1N1CCN(C)CC1)C(=O)OCC. The molecule has 0 aliphatic carbocycles. The minimum atomic E-state index is -0.622. The molecule has 8 nitrogen and oxygen atoms in total. The van der Waals surface area contributed by atoms with Crippen LogP contribution in [0, 0.1) is 0 Å². The van der Waals surface area contributed by atoms with Gasteiger partial charge < -0.3 is 29.3 Å². The number of nitrogens with zero attached hydrogens (tertiary/aromatic N) is 2. The zero-order valence-electron chi connectivity index (χ0n) is 17.0. The summed E-state index contributed by atoms with van der Waals surface area (Å²) in [5.41, 5.74) is 1.60. The Bertz CT molecular complexity index is 712. The monoisotopic (exact) mass is 391 g/mol. The first-order valence-electron chi connectivity index (χ1n) is 9.42. The van der Waals surface area contributed by atoms with Gasteiger partial charge in [0.2, 0.25) is 0 Å². The lowest BCUT2D eigenvalue weighted by atomic mass is 10.2. The summed E-state index contributed by atoms with van der Waals surface area (Å²) >= 11 is 0. The number of piperazine rings is 1. The summed E-state index contributed by atoms with van der Waals surface area (Å²) in [5.74, 6) is -0.593. The Morgan fingerprint density at radius 3 is 2.39 bits per heavy atom. The third-order valence-electron chi connectivity index (χ3n) is 4.36. The molecule has 2 rings (SSSR count). The van der Waals surface area contributed by atoms with Crippen molar-refractivity contribution in [3.05, 3.63) is 30.0 Å². The van der Waals surface area contributed by atoms with Crippen LogP contribution < -0.4 is 15.0 Å². The summed E-state index contributed by atoms with van der Waals surface area (Å²) in [7, 11) is 3.67. The molecule has 0 radical (unpaired) electrons. The van der Waals surface area contributed by atoms with E-state index in [2.05, 4.69) is 22.2 Å². The van der Waals surface area contributed by atoms with Gasteiger partial charge in [-0.3, -0.25) is 0 Å². The first-order valence-corrected chi connectivity index (χ1v) is 9.42. The van der Waals surface area contributed by atoms with E-state index in [1.807, 2.05) is 12.1 Å². The van der Waals surface area contributed by atoms with Crippen LogP contribution in [0.5, 0.6) is 5.75 Å². The van der Waals surface area contributed by atoms with Crippen molar-refractivity contribution < 1.29 is 23.8 Å². The Balaban J connectivity index is 2.35. The molecule has 1 aliphatic rings. The van der Waals surface area contributed by atoms with Crippen molar-refractivity contribution >= 4 is 23.3 Å². The van der Waals surface area contributed by atoms with Gasteiger partial charge in [0.15, 0.2) is 0 Å². The number of nitrogens with one attached hydrogen (secondary N) is 1. The quantitative estimate of drug-likeness (QED) is 0.531. The number of methoxy groups -OCH3 is 1. The maximum Gasteiger partial charge on any atom is 0.355 e. The molecular weight excluding hydrogens is 362 g/mol. The van der Waals surface area contributed by atoms with Crippen LogP contribution in [-0.4, -0.2) is 70.4 Å². The van der Waals surface area contributed by atoms with Gasteiger partial charge in [0.1, 0.15) is 11.4 Å². The molecular formula is C20H29N3O5. The van der Waals surface area contributed by atoms with E-state index in [0.29, 0.717) is 11.4 Å². The number of carbonyl (C=O) groups excluding carboxylic acids is 2. The van der Waals surface area contributed by atoms with E-state index in [9.17, 15) is 9.59 Å². The molecule has 0 amide bonds. The van der Waals surface area contributed by atoms with Crippen molar-refractivity contribution in [2.24, 2.45) is 0 Å². The second-order valence-electron chi connectivity index (χ2n) is 6.33. The molecule has 1 aromatic carbocycles. The van der Waals surface area contributed by atoms with Gasteiger partial charge >= 0.3 is 11.9 Å². The van der Waals surface area contributed by atoms with Gasteiger partial charge in [-0.15, -0.1) is 0 Å². The highest BCUT2D eigenvalue weighted by molar-refractivity contribution is 5.99. The average molecular weight is 391 g/mol. The first-order chi connectivity index (χ1) is 13.5. The fourth-order valence-corrected chi connectivity index (χ4v) is 2.87. The second-order valence-corrected chi connectivity index (χ2v) is 6.33. The van der Waals surface area contributed by atoms with Gasteiger partial charge in [0, 0.05) is 32.2 Å². The summed E-state index contributed by atoms with van der Waals surface area (Å²) in [6.07, 6.45) is 1.12. The molecule has 1 saturated heterocycles. The maximum atomic E-state index is 12.4. The van der Waals surface area contributed by atoms with Crippen LogP contribution in [0.4, 0.5) is 11.4 Å². The molecule has 0 unspecified atom stereocenters. The number of esters is 2. The Labute approximate surface area is 166 Å². The molecule has 0 aromatic heterocycles. The Hall–Kier alpha value is -2.74. The summed E-state index contributed by atoms with van der Waals surface area (Å²) in [6, 6.07) is 5.61. The Morgan fingerprint density at radius 1 is 1.11 bits per heavy atom. The van der Waals surface area contributed by atoms with Crippen LogP contribution in [0.2, 0.25) is 0 Å². The molecule has 154 valence electrons. The van der Waals surface area contributed by atoms with Crippen molar-refractivity contribution in [2.75, 3.05) is 63.8 Å². The number of likely N-dealkylation sites (N-methyl/N-ethyl adjacent to an activating group) is 1. The maximum absolute atomic E-state index is 12.4. The Kier molecular flexibility index (Phi) is 8.13. The Morgan fingerprint density at radius 2 is 1.79 bits per heavy atom. The number of rotatable bonds is 8. The number of carbonyl (C=O) groups is 2. The predicted molar refractivity (Wildman–Crippen MR) is 108 cm³/mol. The van der Waals surface area contributed by atoms with Crippen molar-refractivity contribution in [3.63, 3.8) is 0 Å². The van der Waals surface area contributed by atoms with Crippen LogP contribution in [0.15, 0.2) is 30.0 Å². The minimum absolute atomic E-state index is 0.0175. The molecule has 0 saturated carbocycles. The van der Waals surface area contributed by atoms with Crippen LogP contribution in [-0.2, 0) is 19.1 Å². The molecule has 8 heteroatoms. The minimum Gasteiger partial charge on any atom is -0.497 e. The number of hydrogen-bond acceptors (Lipinski definition) is 8. The van der Waals surface area contributed by atoms with Crippen molar-refractivity contribution in [1.82, 2.24) is 4.90 Å². The number of anilines is 2. The van der Waals surface area contributed by atoms with E-state index in [4.69, 9.17) is 14.2 Å². The van der Waals surface area contributed by atoms with Crippen LogP contribution in [0.1, 0.15) is 13.8 Å². The third-order valence-corrected chi connectivity index (χ3v) is 4.36. The number of benzene rings is 1. The topological polar surface area (TPSA) is 80.3 Å². The second kappa shape index (κ2) is 10.6. The summed E-state index contributed by atoms with van der Waals surface area (Å²) < 4.78 is 15.3. The van der Waals surface area contributed by atoms with Crippen LogP contribution in [0.3, 0.4) is 0 Å². The number of hydrogen-bond donors (Lipinski definition) is 1. The predicted octanol–water partition coefficient (Wildman–Crippen LogP) is 1.87. The van der Waals surface area contributed by atoms with Gasteiger partial charge in [0.25, 0.3) is 0 Å². The zero-order chi connectivity index (χ0) is 20.5. The highest BCUT2D eigenvalue weighted by Gasteiger charge is 2.21. The normalized spacial score (nSPS) is 15.1. The lowest BCUT2D eigenvalue weighted by molar-refractivity contribution is -0.140. The molecule has 1 fully saturated rings. The van der Waals surface area contributed by atoms with E-state index >= 15 is 0 Å². The van der Waals surface area contributed by atoms with E-state index in [0.717, 1.165) is 37.9 Å². The molecule has 28 heavy (non-hydrogen) atoms. The fraction of sp³-hybridized carbons (Fsp3) is 0.500. The number of ether oxygens (including phenoxy) is 3. The molecule has 1 aromatic rings. The van der Waals surface area contributed by atoms with Gasteiger partial charge in [-0.2, -0.15) is 0 Å². The lowest BCUT2D eigenvalue weighted by Gasteiger charge is -2.35. The van der Waals surface area contributed by atoms with E-state index in [-0.39, 0.29) is 18.9 Å². The van der Waals surface area contributed by atoms with E-state index in [1.54, 1.807) is 27.0 Å². The third kappa shape index (κ3) is 5.88. The largest absolute Gasteiger partial charge is 0.497 e. The molecule has 1 heterocycles. The standard InChI is InChI=1S/C20H29N3O5/c1-5-27-19(24)14-17(20(25)28-6-2)21-16-13-15(26-4)7-8-18(16)23-11-9-22(3)10-12-23/h7-8,13-14,21H,5-6,9-12H2,1-4H3. The fourth-order valence-electron chi connectivity index (χ4n) is 2.87. The molecule has 0 atom stereocenters. The smallest absolute Gasteiger partial charge is 0.355 e. The summed E-state index contributed by atoms with van der Waals surface area (Å²) in [5, 5.41) is 3.06. The van der Waals surface area contributed by atoms with Gasteiger partial charge in [-0.05, 0) is 33.0 Å². The van der Waals surface area contributed by atoms with Crippen molar-refractivity contribution in [3.8, 4) is 5.75 Å². The molecule has 0 bridgehead atoms. The van der Waals surface area contributed by atoms with Crippen LogP contribution >= 0.6 is 0 Å². The highest BCUT2D eigenvalue weighted by atomic mass is 16.5. The first kappa shape index (κ1) is 21.6. The van der Waals surface area contributed by atoms with Gasteiger partial charge in [-0.25, -0.2) is 9.59 Å². The van der Waals surface area contributed by atoms with Gasteiger partial charge in [-0.1, -0.05) is 0 Å². The molecule has 1 aliphatic heterocycles. The molecule has 1 N–H and O–H groups in total. The van der Waals surface area contributed by atoms with Crippen molar-refractivity contribution in [1.29, 1.82) is 0 Å². The van der Waals surface area contributed by atoms with Gasteiger partial charge in [0.05, 0.1) is 37.8 Å². The van der Waals surface area contributed by atoms with Crippen LogP contribution in [0.25, 0.3) is 0 Å². The van der Waals surface area contributed by atoms with E-state index in [1.165, 1.54) is 0 Å². The lowest BCUT2D eigenvalue weighted by Crippen LogP contribution is -2.44. The average Bonchev–Trinajstić information content (AvgIpc) is 2.68. The summed E-state index contributed by atoms with van der Waals surface area (Å²) in [4.78, 5) is 28.8. The highest BCUT2D eigenvalue weighted by Crippen LogP contribution is 2.32. The van der Waals surface area contributed by atoms with E-state index < -0.39 is 11.9 Å². The molecule has 0 spiro atoms.